The standard InChI is InChI=1S/C9H10IN3/c1-6(2)9-7-3-4-11-5-8(7)12-13(9)10/h3-6H,1-2H3. The van der Waals surface area contributed by atoms with Crippen LogP contribution in [0.3, 0.4) is 0 Å². The molecule has 0 saturated carbocycles. The summed E-state index contributed by atoms with van der Waals surface area (Å²) in [5.74, 6) is 0.490. The smallest absolute Gasteiger partial charge is 0.112 e. The molecule has 0 fully saturated rings. The first-order chi connectivity index (χ1) is 6.20. The van der Waals surface area contributed by atoms with E-state index in [0.717, 1.165) is 5.52 Å². The molecular formula is C9H10IN3. The van der Waals surface area contributed by atoms with Crippen molar-refractivity contribution in [3.05, 3.63) is 24.2 Å². The molecule has 2 aromatic heterocycles. The van der Waals surface area contributed by atoms with Crippen LogP contribution in [0.4, 0.5) is 0 Å². The molecule has 0 saturated heterocycles. The van der Waals surface area contributed by atoms with Gasteiger partial charge in [0, 0.05) is 11.6 Å². The molecule has 0 aromatic carbocycles. The Morgan fingerprint density at radius 1 is 1.46 bits per heavy atom. The zero-order chi connectivity index (χ0) is 9.42. The van der Waals surface area contributed by atoms with Crippen molar-refractivity contribution in [3.8, 4) is 0 Å². The summed E-state index contributed by atoms with van der Waals surface area (Å²) in [6.45, 7) is 4.35. The minimum absolute atomic E-state index is 0.490. The lowest BCUT2D eigenvalue weighted by atomic mass is 10.1. The first-order valence-corrected chi connectivity index (χ1v) is 5.15. The van der Waals surface area contributed by atoms with E-state index in [0.29, 0.717) is 5.92 Å². The highest BCUT2D eigenvalue weighted by Crippen LogP contribution is 2.25. The molecule has 0 aliphatic carbocycles. The maximum Gasteiger partial charge on any atom is 0.112 e. The Labute approximate surface area is 90.7 Å². The third-order valence-electron chi connectivity index (χ3n) is 2.02. The second-order valence-corrected chi connectivity index (χ2v) is 4.21. The molecule has 0 N–H and O–H groups in total. The van der Waals surface area contributed by atoms with E-state index in [4.69, 9.17) is 0 Å². The number of nitrogens with zero attached hydrogens (tertiary/aromatic N) is 3. The van der Waals surface area contributed by atoms with Gasteiger partial charge in [0.25, 0.3) is 0 Å². The molecular weight excluding hydrogens is 277 g/mol. The normalized spacial score (nSPS) is 11.4. The molecule has 4 heteroatoms. The predicted molar refractivity (Wildman–Crippen MR) is 61.0 cm³/mol. The highest BCUT2D eigenvalue weighted by molar-refractivity contribution is 14.1. The number of halogens is 1. The van der Waals surface area contributed by atoms with Crippen LogP contribution in [0.25, 0.3) is 10.9 Å². The first-order valence-electron chi connectivity index (χ1n) is 4.19. The second-order valence-electron chi connectivity index (χ2n) is 3.29. The van der Waals surface area contributed by atoms with Gasteiger partial charge in [0.15, 0.2) is 0 Å². The highest BCUT2D eigenvalue weighted by atomic mass is 127. The van der Waals surface area contributed by atoms with Gasteiger partial charge in [-0.1, -0.05) is 13.8 Å². The summed E-state index contributed by atoms with van der Waals surface area (Å²) in [7, 11) is 0. The van der Waals surface area contributed by atoms with Gasteiger partial charge in [0.2, 0.25) is 0 Å². The van der Waals surface area contributed by atoms with Gasteiger partial charge in [0.05, 0.1) is 34.8 Å². The van der Waals surface area contributed by atoms with Crippen molar-refractivity contribution in [3.63, 3.8) is 0 Å². The molecule has 0 bridgehead atoms. The minimum Gasteiger partial charge on any atom is -0.262 e. The summed E-state index contributed by atoms with van der Waals surface area (Å²) >= 11 is 2.21. The zero-order valence-corrected chi connectivity index (χ0v) is 9.69. The molecule has 3 nitrogen and oxygen atoms in total. The summed E-state index contributed by atoms with van der Waals surface area (Å²) in [4.78, 5) is 4.05. The van der Waals surface area contributed by atoms with Crippen molar-refractivity contribution in [2.45, 2.75) is 19.8 Å². The van der Waals surface area contributed by atoms with Crippen LogP contribution < -0.4 is 0 Å². The van der Waals surface area contributed by atoms with Crippen LogP contribution in [0.5, 0.6) is 0 Å². The van der Waals surface area contributed by atoms with E-state index in [2.05, 4.69) is 46.8 Å². The zero-order valence-electron chi connectivity index (χ0n) is 7.53. The highest BCUT2D eigenvalue weighted by Gasteiger charge is 2.12. The average Bonchev–Trinajstić information content (AvgIpc) is 2.39. The topological polar surface area (TPSA) is 30.7 Å². The average molecular weight is 287 g/mol. The van der Waals surface area contributed by atoms with E-state index < -0.39 is 0 Å². The van der Waals surface area contributed by atoms with Gasteiger partial charge in [-0.3, -0.25) is 4.98 Å². The molecule has 0 unspecified atom stereocenters. The van der Waals surface area contributed by atoms with Gasteiger partial charge >= 0.3 is 0 Å². The molecule has 0 radical (unpaired) electrons. The predicted octanol–water partition coefficient (Wildman–Crippen LogP) is 2.75. The lowest BCUT2D eigenvalue weighted by Crippen LogP contribution is -1.93. The summed E-state index contributed by atoms with van der Waals surface area (Å²) in [5, 5.41) is 5.58. The molecule has 0 aliphatic rings. The van der Waals surface area contributed by atoms with Crippen molar-refractivity contribution in [1.29, 1.82) is 0 Å². The van der Waals surface area contributed by atoms with Gasteiger partial charge in [-0.25, -0.2) is 2.90 Å². The fourth-order valence-electron chi connectivity index (χ4n) is 1.45. The SMILES string of the molecule is CC(C)c1c2ccncc2nn1I. The lowest BCUT2D eigenvalue weighted by molar-refractivity contribution is 0.808. The van der Waals surface area contributed by atoms with Crippen LogP contribution in [-0.2, 0) is 0 Å². The Morgan fingerprint density at radius 3 is 2.92 bits per heavy atom. The summed E-state index contributed by atoms with van der Waals surface area (Å²) < 4.78 is 1.91. The summed E-state index contributed by atoms with van der Waals surface area (Å²) in [5.41, 5.74) is 2.23. The number of aromatic nitrogens is 3. The van der Waals surface area contributed by atoms with Crippen LogP contribution in [-0.4, -0.2) is 13.0 Å². The van der Waals surface area contributed by atoms with Crippen molar-refractivity contribution in [2.75, 3.05) is 0 Å². The molecule has 0 spiro atoms. The molecule has 2 heterocycles. The molecule has 2 aromatic rings. The van der Waals surface area contributed by atoms with E-state index in [1.165, 1.54) is 11.1 Å². The van der Waals surface area contributed by atoms with E-state index in [-0.39, 0.29) is 0 Å². The van der Waals surface area contributed by atoms with Gasteiger partial charge in [-0.2, -0.15) is 5.10 Å². The Hall–Kier alpha value is -0.650. The molecule has 68 valence electrons. The van der Waals surface area contributed by atoms with Gasteiger partial charge < -0.3 is 0 Å². The number of fused-ring (bicyclic) bond motifs is 1. The number of hydrogen-bond acceptors (Lipinski definition) is 2. The largest absolute Gasteiger partial charge is 0.262 e. The van der Waals surface area contributed by atoms with E-state index >= 15 is 0 Å². The van der Waals surface area contributed by atoms with E-state index in [1.54, 1.807) is 6.20 Å². The molecule has 0 aliphatic heterocycles. The quantitative estimate of drug-likeness (QED) is 0.755. The number of rotatable bonds is 1. The minimum atomic E-state index is 0.490. The van der Waals surface area contributed by atoms with Crippen molar-refractivity contribution >= 4 is 33.8 Å². The Bertz CT molecular complexity index is 433. The Kier molecular flexibility index (Phi) is 2.23. The lowest BCUT2D eigenvalue weighted by Gasteiger charge is -2.03. The van der Waals surface area contributed by atoms with Crippen LogP contribution in [0.2, 0.25) is 0 Å². The van der Waals surface area contributed by atoms with Gasteiger partial charge in [0.1, 0.15) is 5.52 Å². The number of pyridine rings is 1. The van der Waals surface area contributed by atoms with Crippen LogP contribution in [0.1, 0.15) is 25.5 Å². The first kappa shape index (κ1) is 8.93. The second kappa shape index (κ2) is 3.25. The van der Waals surface area contributed by atoms with Gasteiger partial charge in [-0.05, 0) is 12.0 Å². The van der Waals surface area contributed by atoms with Crippen LogP contribution >= 0.6 is 22.9 Å². The van der Waals surface area contributed by atoms with Crippen molar-refractivity contribution in [1.82, 2.24) is 13.0 Å². The van der Waals surface area contributed by atoms with Crippen LogP contribution in [0, 0.1) is 0 Å². The summed E-state index contributed by atoms with van der Waals surface area (Å²) in [6.07, 6.45) is 3.61. The maximum atomic E-state index is 4.38. The van der Waals surface area contributed by atoms with Crippen molar-refractivity contribution in [2.24, 2.45) is 0 Å². The summed E-state index contributed by atoms with van der Waals surface area (Å²) in [6, 6.07) is 2.02. The molecule has 0 atom stereocenters. The third-order valence-corrected chi connectivity index (χ3v) is 2.75. The maximum absolute atomic E-state index is 4.38. The van der Waals surface area contributed by atoms with E-state index in [9.17, 15) is 0 Å². The molecule has 2 rings (SSSR count). The number of hydrogen-bond donors (Lipinski definition) is 0. The van der Waals surface area contributed by atoms with Gasteiger partial charge in [-0.15, -0.1) is 0 Å². The third kappa shape index (κ3) is 1.43. The fourth-order valence-corrected chi connectivity index (χ4v) is 2.50. The van der Waals surface area contributed by atoms with Crippen LogP contribution in [0.15, 0.2) is 18.5 Å². The molecule has 13 heavy (non-hydrogen) atoms. The van der Waals surface area contributed by atoms with E-state index in [1.807, 2.05) is 15.2 Å². The Morgan fingerprint density at radius 2 is 2.23 bits per heavy atom. The monoisotopic (exact) mass is 287 g/mol. The fraction of sp³-hybridized carbons (Fsp3) is 0.333. The molecule has 0 amide bonds. The van der Waals surface area contributed by atoms with Crippen molar-refractivity contribution < 1.29 is 0 Å². The Balaban J connectivity index is 2.78.